The lowest BCUT2D eigenvalue weighted by Gasteiger charge is -2.46. The van der Waals surface area contributed by atoms with Crippen LogP contribution in [0.4, 0.5) is 0 Å². The first-order valence-electron chi connectivity index (χ1n) is 7.46. The maximum atomic E-state index is 12.1. The Labute approximate surface area is 143 Å². The first kappa shape index (κ1) is 21.3. The summed E-state index contributed by atoms with van der Waals surface area (Å²) in [7, 11) is 0.997. The van der Waals surface area contributed by atoms with Crippen LogP contribution >= 0.6 is 0 Å². The van der Waals surface area contributed by atoms with Gasteiger partial charge >= 0.3 is 17.7 Å². The molecule has 0 aliphatic carbocycles. The van der Waals surface area contributed by atoms with Gasteiger partial charge in [-0.15, -0.1) is 0 Å². The molecule has 6 atom stereocenters. The third-order valence-electron chi connectivity index (χ3n) is 3.67. The predicted octanol–water partition coefficient (Wildman–Crippen LogP) is -3.21. The summed E-state index contributed by atoms with van der Waals surface area (Å²) in [5.74, 6) is -5.04. The molecule has 11 nitrogen and oxygen atoms in total. The molecule has 0 saturated carbocycles. The van der Waals surface area contributed by atoms with Crippen LogP contribution in [0.25, 0.3) is 0 Å². The normalized spacial score (nSPS) is 31.6. The minimum absolute atomic E-state index is 0.581. The third kappa shape index (κ3) is 4.86. The Hall–Kier alpha value is -1.79. The van der Waals surface area contributed by atoms with Gasteiger partial charge in [-0.05, 0) is 0 Å². The van der Waals surface area contributed by atoms with Gasteiger partial charge in [-0.3, -0.25) is 9.59 Å². The number of esters is 2. The van der Waals surface area contributed by atoms with Crippen molar-refractivity contribution >= 4 is 17.8 Å². The van der Waals surface area contributed by atoms with Gasteiger partial charge in [0.25, 0.3) is 0 Å². The predicted molar refractivity (Wildman–Crippen MR) is 78.7 cm³/mol. The Kier molecular flexibility index (Phi) is 7.26. The van der Waals surface area contributed by atoms with Gasteiger partial charge in [-0.2, -0.15) is 0 Å². The summed E-state index contributed by atoms with van der Waals surface area (Å²) in [6, 6.07) is -1.25. The molecule has 1 fully saturated rings. The Morgan fingerprint density at radius 3 is 2.36 bits per heavy atom. The van der Waals surface area contributed by atoms with Crippen LogP contribution in [0.2, 0.25) is 0 Å². The number of ether oxygens (including phenoxy) is 3. The fourth-order valence-corrected chi connectivity index (χ4v) is 2.61. The number of aliphatic hydroxyl groups is 4. The number of nitrogens with one attached hydrogen (secondary N) is 1. The van der Waals surface area contributed by atoms with Gasteiger partial charge in [-0.1, -0.05) is 0 Å². The van der Waals surface area contributed by atoms with Crippen LogP contribution in [0.5, 0.6) is 0 Å². The Morgan fingerprint density at radius 1 is 1.32 bits per heavy atom. The van der Waals surface area contributed by atoms with Crippen molar-refractivity contribution in [2.24, 2.45) is 0 Å². The van der Waals surface area contributed by atoms with Crippen LogP contribution in [0, 0.1) is 0 Å². The molecule has 0 bridgehead atoms. The van der Waals surface area contributed by atoms with E-state index in [2.05, 4.69) is 10.1 Å². The van der Waals surface area contributed by atoms with Gasteiger partial charge in [0, 0.05) is 13.8 Å². The summed E-state index contributed by atoms with van der Waals surface area (Å²) in [5.41, 5.74) is 0. The molecule has 0 aromatic rings. The summed E-state index contributed by atoms with van der Waals surface area (Å²) < 4.78 is 14.8. The van der Waals surface area contributed by atoms with Crippen LogP contribution in [0.1, 0.15) is 20.3 Å². The average molecular weight is 365 g/mol. The zero-order valence-electron chi connectivity index (χ0n) is 14.0. The van der Waals surface area contributed by atoms with E-state index in [9.17, 15) is 29.7 Å². The van der Waals surface area contributed by atoms with Crippen LogP contribution < -0.4 is 5.32 Å². The molecule has 1 aliphatic heterocycles. The third-order valence-corrected chi connectivity index (χ3v) is 3.67. The number of hydrogen-bond donors (Lipinski definition) is 5. The first-order chi connectivity index (χ1) is 11.6. The number of hydrogen-bond acceptors (Lipinski definition) is 10. The summed E-state index contributed by atoms with van der Waals surface area (Å²) in [5, 5.41) is 41.5. The maximum Gasteiger partial charge on any atom is 0.379 e. The molecule has 1 rings (SSSR count). The number of methoxy groups -OCH3 is 1. The van der Waals surface area contributed by atoms with E-state index in [4.69, 9.17) is 14.6 Å². The van der Waals surface area contributed by atoms with Crippen molar-refractivity contribution in [1.29, 1.82) is 0 Å². The molecular weight excluding hydrogens is 342 g/mol. The zero-order chi connectivity index (χ0) is 19.4. The van der Waals surface area contributed by atoms with E-state index >= 15 is 0 Å². The minimum Gasteiger partial charge on any atom is -0.464 e. The monoisotopic (exact) mass is 365 g/mol. The van der Waals surface area contributed by atoms with Gasteiger partial charge in [0.15, 0.2) is 0 Å². The van der Waals surface area contributed by atoms with Crippen molar-refractivity contribution < 1.29 is 49.0 Å². The molecule has 5 N–H and O–H groups in total. The van der Waals surface area contributed by atoms with Crippen molar-refractivity contribution in [3.8, 4) is 0 Å². The van der Waals surface area contributed by atoms with E-state index in [-0.39, 0.29) is 0 Å². The van der Waals surface area contributed by atoms with Gasteiger partial charge in [-0.25, -0.2) is 4.79 Å². The molecule has 11 heteroatoms. The van der Waals surface area contributed by atoms with Crippen molar-refractivity contribution in [3.05, 3.63) is 0 Å². The Morgan fingerprint density at radius 2 is 1.92 bits per heavy atom. The highest BCUT2D eigenvalue weighted by atomic mass is 16.8. The first-order valence-corrected chi connectivity index (χ1v) is 7.46. The number of amides is 1. The summed E-state index contributed by atoms with van der Waals surface area (Å²) in [6.45, 7) is 1.28. The molecule has 0 radical (unpaired) electrons. The fraction of sp³-hybridized carbons (Fsp3) is 0.786. The van der Waals surface area contributed by atoms with Crippen molar-refractivity contribution in [2.75, 3.05) is 13.7 Å². The molecule has 0 aromatic heterocycles. The van der Waals surface area contributed by atoms with Gasteiger partial charge in [0.05, 0.1) is 32.3 Å². The summed E-state index contributed by atoms with van der Waals surface area (Å²) in [4.78, 5) is 34.8. The van der Waals surface area contributed by atoms with Gasteiger partial charge in [0.2, 0.25) is 5.91 Å². The molecule has 0 aromatic carbocycles. The zero-order valence-corrected chi connectivity index (χ0v) is 14.0. The quantitative estimate of drug-likeness (QED) is 0.302. The number of carbonyl (C=O) groups is 3. The Balaban J connectivity index is 3.28. The second-order valence-corrected chi connectivity index (χ2v) is 5.66. The van der Waals surface area contributed by atoms with Crippen LogP contribution in [0.15, 0.2) is 0 Å². The standard InChI is InChI=1S/C14H23NO10/c1-6(17)15-10-8(19)4-14(13(22)23-3,24-7(2)18)25-12(10)11(21)9(20)5-16/h8-12,16,19-21H,4-5H2,1-3H3,(H,15,17)/t8-,9+,10+,11+,12+,14+/m0/s1. The van der Waals surface area contributed by atoms with E-state index in [1.165, 1.54) is 0 Å². The van der Waals surface area contributed by atoms with E-state index in [1.807, 2.05) is 0 Å². The Bertz CT molecular complexity index is 512. The number of aliphatic hydroxyl groups excluding tert-OH is 4. The van der Waals surface area contributed by atoms with Crippen LogP contribution in [-0.2, 0) is 28.6 Å². The van der Waals surface area contributed by atoms with Crippen molar-refractivity contribution in [3.63, 3.8) is 0 Å². The molecule has 1 saturated heterocycles. The largest absolute Gasteiger partial charge is 0.464 e. The van der Waals surface area contributed by atoms with E-state index < -0.39 is 67.1 Å². The average Bonchev–Trinajstić information content (AvgIpc) is 2.53. The molecule has 25 heavy (non-hydrogen) atoms. The maximum absolute atomic E-state index is 12.1. The highest BCUT2D eigenvalue weighted by Gasteiger charge is 2.57. The SMILES string of the molecule is COC(=O)[C@@]1(OC(C)=O)C[C@H](O)[C@@H](NC(C)=O)[C@H]([C@H](O)[C@H](O)CO)O1. The lowest BCUT2D eigenvalue weighted by Crippen LogP contribution is -2.68. The van der Waals surface area contributed by atoms with E-state index in [0.29, 0.717) is 0 Å². The van der Waals surface area contributed by atoms with Gasteiger partial charge in [0.1, 0.15) is 18.3 Å². The van der Waals surface area contributed by atoms with E-state index in [1.54, 1.807) is 0 Å². The fourth-order valence-electron chi connectivity index (χ4n) is 2.61. The second-order valence-electron chi connectivity index (χ2n) is 5.66. The summed E-state index contributed by atoms with van der Waals surface area (Å²) in [6.07, 6.45) is -7.20. The summed E-state index contributed by atoms with van der Waals surface area (Å²) >= 11 is 0. The van der Waals surface area contributed by atoms with Crippen molar-refractivity contribution in [1.82, 2.24) is 5.32 Å². The second kappa shape index (κ2) is 8.54. The van der Waals surface area contributed by atoms with Crippen LogP contribution in [-0.4, -0.2) is 88.2 Å². The van der Waals surface area contributed by atoms with Crippen LogP contribution in [0.3, 0.4) is 0 Å². The highest BCUT2D eigenvalue weighted by molar-refractivity contribution is 5.81. The van der Waals surface area contributed by atoms with E-state index in [0.717, 1.165) is 21.0 Å². The molecular formula is C14H23NO10. The minimum atomic E-state index is -2.38. The molecule has 144 valence electrons. The smallest absolute Gasteiger partial charge is 0.379 e. The molecule has 1 heterocycles. The lowest BCUT2D eigenvalue weighted by atomic mass is 9.88. The molecule has 0 unspecified atom stereocenters. The molecule has 1 amide bonds. The number of rotatable bonds is 6. The lowest BCUT2D eigenvalue weighted by molar-refractivity contribution is -0.301. The topological polar surface area (TPSA) is 172 Å². The molecule has 1 aliphatic rings. The van der Waals surface area contributed by atoms with Crippen molar-refractivity contribution in [2.45, 2.75) is 56.5 Å². The number of carbonyl (C=O) groups excluding carboxylic acids is 3. The van der Waals surface area contributed by atoms with Gasteiger partial charge < -0.3 is 40.0 Å². The molecule has 0 spiro atoms. The highest BCUT2D eigenvalue weighted by Crippen LogP contribution is 2.34.